The monoisotopic (exact) mass is 415 g/mol. The molecule has 0 atom stereocenters. The lowest BCUT2D eigenvalue weighted by atomic mass is 9.93. The lowest BCUT2D eigenvalue weighted by molar-refractivity contribution is 0.104. The molecule has 0 aliphatic heterocycles. The van der Waals surface area contributed by atoms with Crippen LogP contribution in [0, 0.1) is 6.92 Å². The van der Waals surface area contributed by atoms with Crippen molar-refractivity contribution in [3.8, 4) is 16.9 Å². The Morgan fingerprint density at radius 2 is 1.83 bits per heavy atom. The fraction of sp³-hybridized carbons (Fsp3) is 0.0400. The highest BCUT2D eigenvalue weighted by Crippen LogP contribution is 2.35. The van der Waals surface area contributed by atoms with Crippen molar-refractivity contribution in [2.75, 3.05) is 0 Å². The van der Waals surface area contributed by atoms with Crippen molar-refractivity contribution >= 4 is 34.4 Å². The summed E-state index contributed by atoms with van der Waals surface area (Å²) in [5, 5.41) is 10.8. The predicted molar refractivity (Wildman–Crippen MR) is 121 cm³/mol. The number of ketones is 1. The number of aromatic amines is 1. The third-order valence-electron chi connectivity index (χ3n) is 4.86. The second-order valence-corrected chi connectivity index (χ2v) is 7.43. The number of aryl methyl sites for hydroxylation is 1. The van der Waals surface area contributed by atoms with Gasteiger partial charge in [-0.05, 0) is 48.9 Å². The molecule has 0 radical (unpaired) electrons. The zero-order chi connectivity index (χ0) is 21.3. The van der Waals surface area contributed by atoms with E-state index in [4.69, 9.17) is 11.6 Å². The van der Waals surface area contributed by atoms with Crippen LogP contribution >= 0.6 is 11.6 Å². The van der Waals surface area contributed by atoms with Crippen molar-refractivity contribution in [2.24, 2.45) is 0 Å². The number of fused-ring (bicyclic) bond motifs is 1. The van der Waals surface area contributed by atoms with Crippen molar-refractivity contribution in [3.63, 3.8) is 0 Å². The number of aromatic nitrogens is 1. The van der Waals surface area contributed by atoms with Gasteiger partial charge in [0.2, 0.25) is 0 Å². The molecule has 4 rings (SSSR count). The zero-order valence-corrected chi connectivity index (χ0v) is 16.9. The van der Waals surface area contributed by atoms with Gasteiger partial charge in [-0.1, -0.05) is 59.6 Å². The second kappa shape index (κ2) is 8.01. The number of aromatic hydroxyl groups is 1. The van der Waals surface area contributed by atoms with Gasteiger partial charge in [0.25, 0.3) is 5.56 Å². The SMILES string of the molecule is Cc1ccc2[nH]c(=O)c(C(=O)/C=C/c3cccc(O)c3)c(-c3ccccc3Cl)c2c1. The van der Waals surface area contributed by atoms with Crippen LogP contribution in [0.25, 0.3) is 28.1 Å². The fourth-order valence-corrected chi connectivity index (χ4v) is 3.70. The van der Waals surface area contributed by atoms with E-state index in [9.17, 15) is 14.7 Å². The second-order valence-electron chi connectivity index (χ2n) is 7.03. The third kappa shape index (κ3) is 3.78. The minimum absolute atomic E-state index is 0.0256. The molecule has 0 unspecified atom stereocenters. The first-order chi connectivity index (χ1) is 14.4. The Morgan fingerprint density at radius 1 is 1.03 bits per heavy atom. The van der Waals surface area contributed by atoms with Crippen LogP contribution in [0.2, 0.25) is 5.02 Å². The van der Waals surface area contributed by atoms with Crippen molar-refractivity contribution < 1.29 is 9.90 Å². The summed E-state index contributed by atoms with van der Waals surface area (Å²) >= 11 is 6.45. The molecule has 0 aliphatic rings. The number of H-pyrrole nitrogens is 1. The number of phenolic OH excluding ortho intramolecular Hbond substituents is 1. The number of halogens is 1. The molecule has 0 fully saturated rings. The van der Waals surface area contributed by atoms with Gasteiger partial charge in [-0.25, -0.2) is 0 Å². The minimum atomic E-state index is -0.480. The number of hydrogen-bond acceptors (Lipinski definition) is 3. The first-order valence-electron chi connectivity index (χ1n) is 9.37. The number of rotatable bonds is 4. The maximum atomic E-state index is 13.1. The lowest BCUT2D eigenvalue weighted by Gasteiger charge is -2.13. The summed E-state index contributed by atoms with van der Waals surface area (Å²) in [6, 6.07) is 19.3. The van der Waals surface area contributed by atoms with E-state index >= 15 is 0 Å². The van der Waals surface area contributed by atoms with Gasteiger partial charge in [-0.15, -0.1) is 0 Å². The number of phenols is 1. The molecular weight excluding hydrogens is 398 g/mol. The molecule has 0 aliphatic carbocycles. The molecule has 2 N–H and O–H groups in total. The van der Waals surface area contributed by atoms with Crippen LogP contribution < -0.4 is 5.56 Å². The van der Waals surface area contributed by atoms with Crippen LogP contribution in [-0.4, -0.2) is 15.9 Å². The van der Waals surface area contributed by atoms with Gasteiger partial charge in [-0.2, -0.15) is 0 Å². The van der Waals surface area contributed by atoms with Crippen molar-refractivity contribution in [2.45, 2.75) is 6.92 Å². The molecular formula is C25H18ClNO3. The van der Waals surface area contributed by atoms with Crippen LogP contribution in [0.1, 0.15) is 21.5 Å². The first-order valence-corrected chi connectivity index (χ1v) is 9.75. The molecule has 148 valence electrons. The van der Waals surface area contributed by atoms with Crippen LogP contribution in [0.15, 0.2) is 77.6 Å². The number of pyridine rings is 1. The summed E-state index contributed by atoms with van der Waals surface area (Å²) < 4.78 is 0. The molecule has 30 heavy (non-hydrogen) atoms. The molecule has 4 aromatic rings. The van der Waals surface area contributed by atoms with Gasteiger partial charge in [0.15, 0.2) is 5.78 Å². The molecule has 0 saturated carbocycles. The Morgan fingerprint density at radius 3 is 2.60 bits per heavy atom. The average molecular weight is 416 g/mol. The minimum Gasteiger partial charge on any atom is -0.508 e. The smallest absolute Gasteiger partial charge is 0.260 e. The molecule has 1 aromatic heterocycles. The van der Waals surface area contributed by atoms with Crippen molar-refractivity contribution in [1.29, 1.82) is 0 Å². The van der Waals surface area contributed by atoms with E-state index < -0.39 is 11.3 Å². The van der Waals surface area contributed by atoms with Gasteiger partial charge < -0.3 is 10.1 Å². The Kier molecular flexibility index (Phi) is 5.25. The molecule has 0 amide bonds. The average Bonchev–Trinajstić information content (AvgIpc) is 2.72. The number of carbonyl (C=O) groups is 1. The highest BCUT2D eigenvalue weighted by Gasteiger charge is 2.20. The summed E-state index contributed by atoms with van der Waals surface area (Å²) in [7, 11) is 0. The number of hydrogen-bond donors (Lipinski definition) is 2. The summed E-state index contributed by atoms with van der Waals surface area (Å²) in [6.45, 7) is 1.95. The number of nitrogens with one attached hydrogen (secondary N) is 1. The molecule has 5 heteroatoms. The molecule has 0 bridgehead atoms. The van der Waals surface area contributed by atoms with Gasteiger partial charge >= 0.3 is 0 Å². The van der Waals surface area contributed by atoms with Crippen molar-refractivity contribution in [1.82, 2.24) is 4.98 Å². The summed E-state index contributed by atoms with van der Waals surface area (Å²) in [5.41, 5.74) is 2.95. The van der Waals surface area contributed by atoms with E-state index in [0.29, 0.717) is 27.2 Å². The Labute approximate surface area is 178 Å². The Balaban J connectivity index is 1.96. The maximum Gasteiger partial charge on any atom is 0.260 e. The highest BCUT2D eigenvalue weighted by molar-refractivity contribution is 6.34. The topological polar surface area (TPSA) is 70.2 Å². The summed E-state index contributed by atoms with van der Waals surface area (Å²) in [5.74, 6) is -0.349. The summed E-state index contributed by atoms with van der Waals surface area (Å²) in [6.07, 6.45) is 2.90. The van der Waals surface area contributed by atoms with Gasteiger partial charge in [0.1, 0.15) is 5.75 Å². The van der Waals surface area contributed by atoms with Gasteiger partial charge in [0, 0.05) is 27.1 Å². The van der Waals surface area contributed by atoms with Crippen LogP contribution in [-0.2, 0) is 0 Å². The Hall–Kier alpha value is -3.63. The van der Waals surface area contributed by atoms with Crippen LogP contribution in [0.3, 0.4) is 0 Å². The fourth-order valence-electron chi connectivity index (χ4n) is 3.47. The zero-order valence-electron chi connectivity index (χ0n) is 16.1. The van der Waals surface area contributed by atoms with E-state index in [1.165, 1.54) is 12.1 Å². The number of carbonyl (C=O) groups excluding carboxylic acids is 1. The quantitative estimate of drug-likeness (QED) is 0.329. The molecule has 4 nitrogen and oxygen atoms in total. The summed E-state index contributed by atoms with van der Waals surface area (Å²) in [4.78, 5) is 28.9. The third-order valence-corrected chi connectivity index (χ3v) is 5.19. The van der Waals surface area contributed by atoms with E-state index in [0.717, 1.165) is 10.9 Å². The molecule has 1 heterocycles. The number of benzene rings is 3. The van der Waals surface area contributed by atoms with Crippen molar-refractivity contribution in [3.05, 3.63) is 105 Å². The molecule has 0 saturated heterocycles. The van der Waals surface area contributed by atoms with Crippen LogP contribution in [0.4, 0.5) is 0 Å². The standard InChI is InChI=1S/C25H18ClNO3/c1-15-9-11-21-19(13-15)23(18-7-2-3-8-20(18)26)24(25(30)27-21)22(29)12-10-16-5-4-6-17(28)14-16/h2-14,28H,1H3,(H,27,30)/b12-10+. The molecule has 3 aromatic carbocycles. The van der Waals surface area contributed by atoms with Gasteiger partial charge in [-0.3, -0.25) is 9.59 Å². The highest BCUT2D eigenvalue weighted by atomic mass is 35.5. The molecule has 0 spiro atoms. The largest absolute Gasteiger partial charge is 0.508 e. The van der Waals surface area contributed by atoms with E-state index in [2.05, 4.69) is 4.98 Å². The maximum absolute atomic E-state index is 13.1. The Bertz CT molecular complexity index is 1370. The first kappa shape index (κ1) is 19.7. The van der Waals surface area contributed by atoms with Gasteiger partial charge in [0.05, 0.1) is 5.56 Å². The van der Waals surface area contributed by atoms with Crippen LogP contribution in [0.5, 0.6) is 5.75 Å². The normalized spacial score (nSPS) is 11.3. The lowest BCUT2D eigenvalue weighted by Crippen LogP contribution is -2.18. The predicted octanol–water partition coefficient (Wildman–Crippen LogP) is 5.76. The van der Waals surface area contributed by atoms with E-state index in [-0.39, 0.29) is 11.3 Å². The number of allylic oxidation sites excluding steroid dienone is 1. The van der Waals surface area contributed by atoms with E-state index in [1.54, 1.807) is 42.5 Å². The van der Waals surface area contributed by atoms with E-state index in [1.807, 2.05) is 31.2 Å².